The molecule has 0 saturated carbocycles. The second-order valence-corrected chi connectivity index (χ2v) is 2.74. The molecule has 0 spiro atoms. The Kier molecular flexibility index (Phi) is 1.72. The van der Waals surface area contributed by atoms with Crippen LogP contribution in [0.3, 0.4) is 0 Å². The van der Waals surface area contributed by atoms with Crippen LogP contribution in [0.4, 0.5) is 0 Å². The van der Waals surface area contributed by atoms with Gasteiger partial charge in [0.1, 0.15) is 34.6 Å². The number of hydrogen-bond acceptors (Lipinski definition) is 4. The van der Waals surface area contributed by atoms with Gasteiger partial charge in [-0.2, -0.15) is 5.26 Å². The molecule has 0 fully saturated rings. The fourth-order valence-corrected chi connectivity index (χ4v) is 1.23. The van der Waals surface area contributed by atoms with Crippen molar-refractivity contribution in [1.82, 2.24) is 0 Å². The number of hydrogen-bond donors (Lipinski definition) is 1. The molecule has 0 unspecified atom stereocenters. The van der Waals surface area contributed by atoms with E-state index >= 15 is 0 Å². The molecule has 0 aliphatic heterocycles. The van der Waals surface area contributed by atoms with E-state index in [4.69, 9.17) is 9.68 Å². The summed E-state index contributed by atoms with van der Waals surface area (Å²) in [5, 5.41) is 18.0. The maximum absolute atomic E-state index is 11.5. The Morgan fingerprint density at radius 3 is 2.93 bits per heavy atom. The molecule has 0 atom stereocenters. The number of benzene rings is 1. The van der Waals surface area contributed by atoms with Crippen molar-refractivity contribution >= 4 is 11.0 Å². The van der Waals surface area contributed by atoms with E-state index in [-0.39, 0.29) is 22.3 Å². The Morgan fingerprint density at radius 2 is 2.21 bits per heavy atom. The lowest BCUT2D eigenvalue weighted by molar-refractivity contribution is 0.479. The van der Waals surface area contributed by atoms with E-state index < -0.39 is 5.43 Å². The minimum absolute atomic E-state index is 0.0477. The van der Waals surface area contributed by atoms with Crippen LogP contribution in [0.5, 0.6) is 5.75 Å². The SMILES string of the molecule is N#Cc1coc2cccc(O)c2c1=O. The largest absolute Gasteiger partial charge is 0.507 e. The Balaban J connectivity index is 3.03. The van der Waals surface area contributed by atoms with E-state index in [0.717, 1.165) is 6.26 Å². The third kappa shape index (κ3) is 1.04. The Bertz CT molecular complexity index is 592. The van der Waals surface area contributed by atoms with Crippen LogP contribution in [0, 0.1) is 11.3 Å². The highest BCUT2D eigenvalue weighted by Crippen LogP contribution is 2.20. The number of fused-ring (bicyclic) bond motifs is 1. The minimum atomic E-state index is -0.508. The van der Waals surface area contributed by atoms with E-state index in [1.54, 1.807) is 18.2 Å². The monoisotopic (exact) mass is 187 g/mol. The van der Waals surface area contributed by atoms with Gasteiger partial charge in [-0.1, -0.05) is 6.07 Å². The van der Waals surface area contributed by atoms with Crippen molar-refractivity contribution in [2.75, 3.05) is 0 Å². The van der Waals surface area contributed by atoms with Crippen molar-refractivity contribution in [3.05, 3.63) is 40.2 Å². The molecule has 0 aliphatic carbocycles. The summed E-state index contributed by atoms with van der Waals surface area (Å²) in [6.45, 7) is 0. The Hall–Kier alpha value is -2.28. The van der Waals surface area contributed by atoms with Gasteiger partial charge in [-0.15, -0.1) is 0 Å². The van der Waals surface area contributed by atoms with Crippen LogP contribution < -0.4 is 5.43 Å². The van der Waals surface area contributed by atoms with Gasteiger partial charge in [0, 0.05) is 0 Å². The fourth-order valence-electron chi connectivity index (χ4n) is 1.23. The molecule has 4 nitrogen and oxygen atoms in total. The molecule has 0 bridgehead atoms. The van der Waals surface area contributed by atoms with Gasteiger partial charge in [-0.3, -0.25) is 4.79 Å². The van der Waals surface area contributed by atoms with Crippen LogP contribution in [-0.4, -0.2) is 5.11 Å². The summed E-state index contributed by atoms with van der Waals surface area (Å²) in [4.78, 5) is 11.5. The first-order chi connectivity index (χ1) is 6.74. The lowest BCUT2D eigenvalue weighted by Crippen LogP contribution is -2.05. The molecular weight excluding hydrogens is 182 g/mol. The number of nitriles is 1. The highest BCUT2D eigenvalue weighted by atomic mass is 16.3. The summed E-state index contributed by atoms with van der Waals surface area (Å²) in [6, 6.07) is 6.19. The highest BCUT2D eigenvalue weighted by molar-refractivity contribution is 5.83. The average molecular weight is 187 g/mol. The standard InChI is InChI=1S/C10H5NO3/c11-4-6-5-14-8-3-1-2-7(12)9(8)10(6)13/h1-3,5,12H. The first kappa shape index (κ1) is 8.32. The van der Waals surface area contributed by atoms with Crippen LogP contribution in [-0.2, 0) is 0 Å². The van der Waals surface area contributed by atoms with Crippen LogP contribution in [0.15, 0.2) is 33.7 Å². The highest BCUT2D eigenvalue weighted by Gasteiger charge is 2.09. The van der Waals surface area contributed by atoms with E-state index in [2.05, 4.69) is 0 Å². The second-order valence-electron chi connectivity index (χ2n) is 2.74. The summed E-state index contributed by atoms with van der Waals surface area (Å²) in [6.07, 6.45) is 1.09. The first-order valence-corrected chi connectivity index (χ1v) is 3.87. The molecule has 4 heteroatoms. The van der Waals surface area contributed by atoms with Gasteiger partial charge in [0.15, 0.2) is 0 Å². The van der Waals surface area contributed by atoms with Crippen molar-refractivity contribution in [3.8, 4) is 11.8 Å². The molecule has 14 heavy (non-hydrogen) atoms. The molecule has 1 heterocycles. The number of rotatable bonds is 0. The lowest BCUT2D eigenvalue weighted by Gasteiger charge is -1.98. The molecule has 0 aliphatic rings. The van der Waals surface area contributed by atoms with E-state index in [0.29, 0.717) is 0 Å². The Labute approximate surface area is 78.6 Å². The van der Waals surface area contributed by atoms with Gasteiger partial charge in [-0.25, -0.2) is 0 Å². The Morgan fingerprint density at radius 1 is 1.43 bits per heavy atom. The minimum Gasteiger partial charge on any atom is -0.507 e. The van der Waals surface area contributed by atoms with Crippen molar-refractivity contribution in [3.63, 3.8) is 0 Å². The normalized spacial score (nSPS) is 9.93. The number of phenols is 1. The maximum Gasteiger partial charge on any atom is 0.214 e. The van der Waals surface area contributed by atoms with E-state index in [1.165, 1.54) is 6.07 Å². The van der Waals surface area contributed by atoms with Gasteiger partial charge in [0.2, 0.25) is 5.43 Å². The topological polar surface area (TPSA) is 74.2 Å². The first-order valence-electron chi connectivity index (χ1n) is 3.87. The lowest BCUT2D eigenvalue weighted by atomic mass is 10.1. The summed E-state index contributed by atoms with van der Waals surface area (Å²) < 4.78 is 5.01. The van der Waals surface area contributed by atoms with Gasteiger partial charge < -0.3 is 9.52 Å². The summed E-state index contributed by atoms with van der Waals surface area (Å²) in [5.74, 6) is -0.173. The molecule has 0 saturated heterocycles. The van der Waals surface area contributed by atoms with Crippen molar-refractivity contribution in [2.45, 2.75) is 0 Å². The third-order valence-corrected chi connectivity index (χ3v) is 1.90. The molecular formula is C10H5NO3. The molecule has 0 radical (unpaired) electrons. The zero-order chi connectivity index (χ0) is 10.1. The maximum atomic E-state index is 11.5. The predicted molar refractivity (Wildman–Crippen MR) is 48.9 cm³/mol. The third-order valence-electron chi connectivity index (χ3n) is 1.90. The second kappa shape index (κ2) is 2.89. The smallest absolute Gasteiger partial charge is 0.214 e. The van der Waals surface area contributed by atoms with E-state index in [1.807, 2.05) is 0 Å². The fraction of sp³-hybridized carbons (Fsp3) is 0. The average Bonchev–Trinajstić information content (AvgIpc) is 2.18. The molecule has 1 N–H and O–H groups in total. The molecule has 1 aromatic carbocycles. The molecule has 2 aromatic rings. The van der Waals surface area contributed by atoms with Gasteiger partial charge >= 0.3 is 0 Å². The van der Waals surface area contributed by atoms with Crippen LogP contribution >= 0.6 is 0 Å². The summed E-state index contributed by atoms with van der Waals surface area (Å²) in [7, 11) is 0. The van der Waals surface area contributed by atoms with Crippen molar-refractivity contribution in [2.24, 2.45) is 0 Å². The summed E-state index contributed by atoms with van der Waals surface area (Å²) >= 11 is 0. The number of aromatic hydroxyl groups is 1. The van der Waals surface area contributed by atoms with Gasteiger partial charge in [0.25, 0.3) is 0 Å². The molecule has 1 aromatic heterocycles. The van der Waals surface area contributed by atoms with Crippen LogP contribution in [0.2, 0.25) is 0 Å². The molecule has 2 rings (SSSR count). The van der Waals surface area contributed by atoms with E-state index in [9.17, 15) is 9.90 Å². The van der Waals surface area contributed by atoms with Crippen molar-refractivity contribution in [1.29, 1.82) is 5.26 Å². The number of phenolic OH excluding ortho intramolecular Hbond substituents is 1. The van der Waals surface area contributed by atoms with Crippen LogP contribution in [0.25, 0.3) is 11.0 Å². The number of nitrogens with zero attached hydrogens (tertiary/aromatic N) is 1. The van der Waals surface area contributed by atoms with Gasteiger partial charge in [0.05, 0.1) is 0 Å². The van der Waals surface area contributed by atoms with Crippen molar-refractivity contribution < 1.29 is 9.52 Å². The molecule has 68 valence electrons. The molecule has 0 amide bonds. The zero-order valence-electron chi connectivity index (χ0n) is 7.02. The zero-order valence-corrected chi connectivity index (χ0v) is 7.02. The predicted octanol–water partition coefficient (Wildman–Crippen LogP) is 1.37. The quantitative estimate of drug-likeness (QED) is 0.675. The van der Waals surface area contributed by atoms with Crippen LogP contribution in [0.1, 0.15) is 5.56 Å². The summed E-state index contributed by atoms with van der Waals surface area (Å²) in [5.41, 5.74) is -0.347. The van der Waals surface area contributed by atoms with Gasteiger partial charge in [-0.05, 0) is 12.1 Å².